The molecule has 4 nitrogen and oxygen atoms in total. The number of guanidine groups is 1. The molecule has 0 saturated heterocycles. The minimum absolute atomic E-state index is 0. The fourth-order valence-electron chi connectivity index (χ4n) is 3.17. The van der Waals surface area contributed by atoms with Crippen LogP contribution in [0.5, 0.6) is 0 Å². The van der Waals surface area contributed by atoms with Crippen molar-refractivity contribution >= 4 is 29.9 Å². The van der Waals surface area contributed by atoms with Gasteiger partial charge >= 0.3 is 0 Å². The molecule has 0 unspecified atom stereocenters. The molecule has 0 spiro atoms. The highest BCUT2D eigenvalue weighted by Gasteiger charge is 2.37. The standard InChI is InChI=1S/C17H35N3O.HI/c1-5-21-12-7-6-11-19-16(18-4)20-14-17(9-8-10-17)13-15(2)3;/h15H,5-14H2,1-4H3,(H2,18,19,20);1H. The Bertz CT molecular complexity index is 304. The predicted octanol–water partition coefficient (Wildman–Crippen LogP) is 3.80. The van der Waals surface area contributed by atoms with Gasteiger partial charge in [-0.3, -0.25) is 4.99 Å². The van der Waals surface area contributed by atoms with E-state index in [2.05, 4.69) is 29.5 Å². The van der Waals surface area contributed by atoms with Crippen molar-refractivity contribution in [2.24, 2.45) is 16.3 Å². The molecule has 22 heavy (non-hydrogen) atoms. The molecule has 0 aliphatic heterocycles. The first-order valence-corrected chi connectivity index (χ1v) is 8.64. The number of nitrogens with zero attached hydrogens (tertiary/aromatic N) is 1. The fraction of sp³-hybridized carbons (Fsp3) is 0.941. The Balaban J connectivity index is 0.00000441. The van der Waals surface area contributed by atoms with E-state index in [9.17, 15) is 0 Å². The highest BCUT2D eigenvalue weighted by atomic mass is 127. The van der Waals surface area contributed by atoms with Gasteiger partial charge < -0.3 is 15.4 Å². The number of rotatable bonds is 10. The summed E-state index contributed by atoms with van der Waals surface area (Å²) in [5.74, 6) is 1.72. The summed E-state index contributed by atoms with van der Waals surface area (Å²) in [5.41, 5.74) is 0.515. The first-order chi connectivity index (χ1) is 10.1. The minimum Gasteiger partial charge on any atom is -0.382 e. The van der Waals surface area contributed by atoms with Crippen molar-refractivity contribution in [1.82, 2.24) is 10.6 Å². The van der Waals surface area contributed by atoms with E-state index in [-0.39, 0.29) is 24.0 Å². The van der Waals surface area contributed by atoms with Gasteiger partial charge in [0.25, 0.3) is 0 Å². The molecule has 0 aromatic carbocycles. The number of ether oxygens (including phenoxy) is 1. The molecule has 1 saturated carbocycles. The molecule has 0 radical (unpaired) electrons. The molecule has 0 bridgehead atoms. The first-order valence-electron chi connectivity index (χ1n) is 8.64. The van der Waals surface area contributed by atoms with Crippen LogP contribution in [0.1, 0.15) is 59.3 Å². The van der Waals surface area contributed by atoms with Crippen LogP contribution >= 0.6 is 24.0 Å². The lowest BCUT2D eigenvalue weighted by molar-refractivity contribution is 0.104. The smallest absolute Gasteiger partial charge is 0.190 e. The van der Waals surface area contributed by atoms with Crippen LogP contribution in [0.15, 0.2) is 4.99 Å². The van der Waals surface area contributed by atoms with Gasteiger partial charge in [0, 0.05) is 33.4 Å². The number of unbranched alkanes of at least 4 members (excludes halogenated alkanes) is 1. The third-order valence-corrected chi connectivity index (χ3v) is 4.32. The lowest BCUT2D eigenvalue weighted by Crippen LogP contribution is -2.47. The van der Waals surface area contributed by atoms with E-state index in [1.807, 2.05) is 14.0 Å². The molecule has 0 aromatic heterocycles. The van der Waals surface area contributed by atoms with Crippen LogP contribution in [0.4, 0.5) is 0 Å². The van der Waals surface area contributed by atoms with Gasteiger partial charge in [-0.1, -0.05) is 20.3 Å². The summed E-state index contributed by atoms with van der Waals surface area (Å²) >= 11 is 0. The average Bonchev–Trinajstić information content (AvgIpc) is 2.42. The van der Waals surface area contributed by atoms with E-state index >= 15 is 0 Å². The molecule has 0 aromatic rings. The van der Waals surface area contributed by atoms with E-state index in [1.165, 1.54) is 25.7 Å². The summed E-state index contributed by atoms with van der Waals surface area (Å²) in [6, 6.07) is 0. The van der Waals surface area contributed by atoms with Gasteiger partial charge in [-0.05, 0) is 50.4 Å². The van der Waals surface area contributed by atoms with Crippen LogP contribution in [0.3, 0.4) is 0 Å². The van der Waals surface area contributed by atoms with Gasteiger partial charge in [0.1, 0.15) is 0 Å². The van der Waals surface area contributed by atoms with Crippen LogP contribution in [-0.4, -0.2) is 39.3 Å². The van der Waals surface area contributed by atoms with E-state index in [4.69, 9.17) is 4.74 Å². The summed E-state index contributed by atoms with van der Waals surface area (Å²) in [6.45, 7) is 10.4. The van der Waals surface area contributed by atoms with Gasteiger partial charge in [0.05, 0.1) is 0 Å². The van der Waals surface area contributed by atoms with Gasteiger partial charge in [-0.2, -0.15) is 0 Å². The summed E-state index contributed by atoms with van der Waals surface area (Å²) in [5, 5.41) is 6.93. The van der Waals surface area contributed by atoms with E-state index < -0.39 is 0 Å². The highest BCUT2D eigenvalue weighted by molar-refractivity contribution is 14.0. The number of nitrogens with one attached hydrogen (secondary N) is 2. The van der Waals surface area contributed by atoms with Crippen molar-refractivity contribution in [1.29, 1.82) is 0 Å². The molecule has 132 valence electrons. The van der Waals surface area contributed by atoms with E-state index in [0.29, 0.717) is 5.41 Å². The molecule has 1 aliphatic carbocycles. The Morgan fingerprint density at radius 3 is 2.45 bits per heavy atom. The Morgan fingerprint density at radius 1 is 1.23 bits per heavy atom. The summed E-state index contributed by atoms with van der Waals surface area (Å²) in [4.78, 5) is 4.33. The third-order valence-electron chi connectivity index (χ3n) is 4.32. The Kier molecular flexibility index (Phi) is 12.4. The van der Waals surface area contributed by atoms with Crippen LogP contribution in [0.2, 0.25) is 0 Å². The zero-order valence-electron chi connectivity index (χ0n) is 14.9. The average molecular weight is 425 g/mol. The summed E-state index contributed by atoms with van der Waals surface area (Å²) < 4.78 is 5.34. The number of hydrogen-bond donors (Lipinski definition) is 2. The normalized spacial score (nSPS) is 16.9. The molecular weight excluding hydrogens is 389 g/mol. The maximum absolute atomic E-state index is 5.34. The lowest BCUT2D eigenvalue weighted by atomic mass is 9.64. The largest absolute Gasteiger partial charge is 0.382 e. The van der Waals surface area contributed by atoms with Crippen LogP contribution < -0.4 is 10.6 Å². The number of halogens is 1. The Labute approximate surface area is 154 Å². The van der Waals surface area contributed by atoms with Crippen LogP contribution in [0, 0.1) is 11.3 Å². The minimum atomic E-state index is 0. The van der Waals surface area contributed by atoms with Crippen LogP contribution in [0.25, 0.3) is 0 Å². The van der Waals surface area contributed by atoms with Crippen molar-refractivity contribution in [3.05, 3.63) is 0 Å². The Hall–Kier alpha value is -0.0400. The maximum Gasteiger partial charge on any atom is 0.190 e. The third kappa shape index (κ3) is 8.56. The molecule has 1 rings (SSSR count). The van der Waals surface area contributed by atoms with E-state index in [1.54, 1.807) is 0 Å². The Morgan fingerprint density at radius 2 is 1.95 bits per heavy atom. The highest BCUT2D eigenvalue weighted by Crippen LogP contribution is 2.45. The molecular formula is C17H36IN3O. The van der Waals surface area contributed by atoms with Gasteiger partial charge in [-0.15, -0.1) is 24.0 Å². The first kappa shape index (κ1) is 22.0. The second-order valence-electron chi connectivity index (χ2n) is 6.71. The topological polar surface area (TPSA) is 45.6 Å². The SMILES string of the molecule is CCOCCCCNC(=NC)NCC1(CC(C)C)CCC1.I. The zero-order chi connectivity index (χ0) is 15.6. The summed E-state index contributed by atoms with van der Waals surface area (Å²) in [7, 11) is 1.85. The van der Waals surface area contributed by atoms with Gasteiger partial charge in [-0.25, -0.2) is 0 Å². The van der Waals surface area contributed by atoms with Gasteiger partial charge in [0.15, 0.2) is 5.96 Å². The van der Waals surface area contributed by atoms with Crippen molar-refractivity contribution < 1.29 is 4.74 Å². The summed E-state index contributed by atoms with van der Waals surface area (Å²) in [6.07, 6.45) is 7.67. The second kappa shape index (κ2) is 12.4. The molecule has 1 aliphatic rings. The van der Waals surface area contributed by atoms with Crippen molar-refractivity contribution in [3.63, 3.8) is 0 Å². The van der Waals surface area contributed by atoms with Gasteiger partial charge in [0.2, 0.25) is 0 Å². The second-order valence-corrected chi connectivity index (χ2v) is 6.71. The lowest BCUT2D eigenvalue weighted by Gasteiger charge is -2.43. The maximum atomic E-state index is 5.34. The molecule has 0 amide bonds. The number of aliphatic imine (C=N–C) groups is 1. The zero-order valence-corrected chi connectivity index (χ0v) is 17.2. The predicted molar refractivity (Wildman–Crippen MR) is 106 cm³/mol. The monoisotopic (exact) mass is 425 g/mol. The molecule has 5 heteroatoms. The fourth-order valence-corrected chi connectivity index (χ4v) is 3.17. The van der Waals surface area contributed by atoms with Crippen molar-refractivity contribution in [2.75, 3.05) is 33.4 Å². The van der Waals surface area contributed by atoms with Crippen LogP contribution in [-0.2, 0) is 4.74 Å². The quantitative estimate of drug-likeness (QED) is 0.242. The molecule has 1 fully saturated rings. The van der Waals surface area contributed by atoms with E-state index in [0.717, 1.165) is 51.0 Å². The number of hydrogen-bond acceptors (Lipinski definition) is 2. The molecule has 0 atom stereocenters. The van der Waals surface area contributed by atoms with Crippen molar-refractivity contribution in [3.8, 4) is 0 Å². The molecule has 2 N–H and O–H groups in total. The van der Waals surface area contributed by atoms with Crippen molar-refractivity contribution in [2.45, 2.75) is 59.3 Å². The molecule has 0 heterocycles.